The van der Waals surface area contributed by atoms with Crippen molar-refractivity contribution in [3.63, 3.8) is 0 Å². The lowest BCUT2D eigenvalue weighted by atomic mass is 9.88. The van der Waals surface area contributed by atoms with Gasteiger partial charge >= 0.3 is 0 Å². The third kappa shape index (κ3) is 3.03. The molecule has 2 aromatic carbocycles. The molecule has 2 nitrogen and oxygen atoms in total. The van der Waals surface area contributed by atoms with Crippen LogP contribution in [0.2, 0.25) is 0 Å². The maximum atomic E-state index is 6.41. The van der Waals surface area contributed by atoms with Gasteiger partial charge in [0.15, 0.2) is 0 Å². The van der Waals surface area contributed by atoms with Crippen molar-refractivity contribution in [3.8, 4) is 0 Å². The van der Waals surface area contributed by atoms with E-state index in [1.54, 1.807) is 0 Å². The van der Waals surface area contributed by atoms with Gasteiger partial charge in [0.2, 0.25) is 0 Å². The van der Waals surface area contributed by atoms with E-state index in [4.69, 9.17) is 11.5 Å². The molecule has 2 aromatic rings. The summed E-state index contributed by atoms with van der Waals surface area (Å²) in [6, 6.07) is 18.1. The molecule has 0 heterocycles. The molecule has 2 heteroatoms. The number of hydrogen-bond donors (Lipinski definition) is 2. The molecule has 0 atom stereocenters. The topological polar surface area (TPSA) is 52.0 Å². The largest absolute Gasteiger partial charge is 0.306 e. The van der Waals surface area contributed by atoms with E-state index in [-0.39, 0.29) is 0 Å². The molecule has 0 amide bonds. The van der Waals surface area contributed by atoms with E-state index in [0.29, 0.717) is 0 Å². The molecule has 0 fully saturated rings. The van der Waals surface area contributed by atoms with Crippen molar-refractivity contribution in [1.29, 1.82) is 0 Å². The summed E-state index contributed by atoms with van der Waals surface area (Å²) in [5, 5.41) is 0. The van der Waals surface area contributed by atoms with Crippen LogP contribution in [0.15, 0.2) is 54.6 Å². The van der Waals surface area contributed by atoms with Gasteiger partial charge in [0.05, 0.1) is 0 Å². The Labute approximate surface area is 115 Å². The van der Waals surface area contributed by atoms with Crippen LogP contribution in [0.4, 0.5) is 0 Å². The Kier molecular flexibility index (Phi) is 4.35. The number of unbranched alkanes of at least 4 members (excludes halogenated alkanes) is 1. The molecular weight excluding hydrogens is 232 g/mol. The van der Waals surface area contributed by atoms with E-state index >= 15 is 0 Å². The Morgan fingerprint density at radius 3 is 2.21 bits per heavy atom. The normalized spacial score (nSPS) is 11.5. The molecular formula is C17H22N2. The van der Waals surface area contributed by atoms with Crippen LogP contribution in [-0.4, -0.2) is 0 Å². The minimum Gasteiger partial charge on any atom is -0.306 e. The molecule has 0 aliphatic rings. The predicted octanol–water partition coefficient (Wildman–Crippen LogP) is 3.15. The highest BCUT2D eigenvalue weighted by Gasteiger charge is 2.26. The zero-order chi connectivity index (χ0) is 13.7. The van der Waals surface area contributed by atoms with Crippen molar-refractivity contribution < 1.29 is 0 Å². The number of benzene rings is 2. The molecule has 0 aliphatic heterocycles. The fourth-order valence-corrected chi connectivity index (χ4v) is 2.38. The quantitative estimate of drug-likeness (QED) is 0.805. The summed E-state index contributed by atoms with van der Waals surface area (Å²) in [7, 11) is 0. The molecule has 0 aliphatic carbocycles. The van der Waals surface area contributed by atoms with E-state index in [0.717, 1.165) is 24.0 Å². The van der Waals surface area contributed by atoms with Crippen molar-refractivity contribution in [3.05, 3.63) is 71.3 Å². The standard InChI is InChI=1S/C17H22N2/c1-2-3-9-14-10-7-8-13-16(14)17(18,19)15-11-5-4-6-12-15/h4-8,10-13H,2-3,9,18-19H2,1H3. The highest BCUT2D eigenvalue weighted by molar-refractivity contribution is 5.41. The van der Waals surface area contributed by atoms with E-state index in [9.17, 15) is 0 Å². The summed E-state index contributed by atoms with van der Waals surface area (Å²) >= 11 is 0. The van der Waals surface area contributed by atoms with Crippen LogP contribution < -0.4 is 11.5 Å². The summed E-state index contributed by atoms with van der Waals surface area (Å²) < 4.78 is 0. The summed E-state index contributed by atoms with van der Waals surface area (Å²) in [6.45, 7) is 2.19. The Bertz CT molecular complexity index is 518. The molecule has 0 spiro atoms. The second kappa shape index (κ2) is 6.00. The number of aryl methyl sites for hydroxylation is 1. The molecule has 4 N–H and O–H groups in total. The van der Waals surface area contributed by atoms with Crippen LogP contribution in [0.25, 0.3) is 0 Å². The second-order valence-electron chi connectivity index (χ2n) is 5.00. The Morgan fingerprint density at radius 2 is 1.53 bits per heavy atom. The number of nitrogens with two attached hydrogens (primary N) is 2. The van der Waals surface area contributed by atoms with Crippen LogP contribution in [0.5, 0.6) is 0 Å². The average molecular weight is 254 g/mol. The van der Waals surface area contributed by atoms with Gasteiger partial charge in [0, 0.05) is 0 Å². The Hall–Kier alpha value is -1.64. The van der Waals surface area contributed by atoms with Crippen molar-refractivity contribution in [2.75, 3.05) is 0 Å². The fraction of sp³-hybridized carbons (Fsp3) is 0.294. The Balaban J connectivity index is 2.40. The first kappa shape index (κ1) is 13.8. The predicted molar refractivity (Wildman–Crippen MR) is 80.7 cm³/mol. The van der Waals surface area contributed by atoms with Gasteiger partial charge in [-0.3, -0.25) is 0 Å². The van der Waals surface area contributed by atoms with Crippen LogP contribution in [0.3, 0.4) is 0 Å². The average Bonchev–Trinajstić information content (AvgIpc) is 2.46. The van der Waals surface area contributed by atoms with Crippen molar-refractivity contribution in [1.82, 2.24) is 0 Å². The highest BCUT2D eigenvalue weighted by atomic mass is 15.0. The maximum absolute atomic E-state index is 6.41. The number of rotatable bonds is 5. The molecule has 2 rings (SSSR count). The minimum absolute atomic E-state index is 0.925. The first-order valence-electron chi connectivity index (χ1n) is 6.88. The molecule has 19 heavy (non-hydrogen) atoms. The van der Waals surface area contributed by atoms with Gasteiger partial charge in [-0.05, 0) is 29.5 Å². The third-order valence-electron chi connectivity index (χ3n) is 3.51. The van der Waals surface area contributed by atoms with E-state index in [1.807, 2.05) is 42.5 Å². The van der Waals surface area contributed by atoms with Crippen molar-refractivity contribution in [2.24, 2.45) is 11.5 Å². The van der Waals surface area contributed by atoms with Crippen LogP contribution >= 0.6 is 0 Å². The van der Waals surface area contributed by atoms with Crippen LogP contribution in [-0.2, 0) is 12.1 Å². The van der Waals surface area contributed by atoms with E-state index in [1.165, 1.54) is 12.0 Å². The molecule has 100 valence electrons. The van der Waals surface area contributed by atoms with Gasteiger partial charge in [0.1, 0.15) is 5.66 Å². The van der Waals surface area contributed by atoms with Gasteiger partial charge in [-0.25, -0.2) is 0 Å². The van der Waals surface area contributed by atoms with E-state index < -0.39 is 5.66 Å². The zero-order valence-corrected chi connectivity index (χ0v) is 11.5. The molecule has 0 aromatic heterocycles. The SMILES string of the molecule is CCCCc1ccccc1C(N)(N)c1ccccc1. The lowest BCUT2D eigenvalue weighted by Crippen LogP contribution is -2.47. The van der Waals surface area contributed by atoms with Gasteiger partial charge in [-0.1, -0.05) is 67.9 Å². The van der Waals surface area contributed by atoms with Crippen molar-refractivity contribution >= 4 is 0 Å². The first-order chi connectivity index (χ1) is 9.16. The van der Waals surface area contributed by atoms with Crippen LogP contribution in [0.1, 0.15) is 36.5 Å². The number of hydrogen-bond acceptors (Lipinski definition) is 2. The van der Waals surface area contributed by atoms with Gasteiger partial charge in [-0.15, -0.1) is 0 Å². The smallest absolute Gasteiger partial charge is 0.117 e. The molecule has 0 saturated heterocycles. The van der Waals surface area contributed by atoms with Gasteiger partial charge < -0.3 is 11.5 Å². The summed E-state index contributed by atoms with van der Waals surface area (Å²) in [5.74, 6) is 0. The lowest BCUT2D eigenvalue weighted by Gasteiger charge is -2.28. The van der Waals surface area contributed by atoms with Gasteiger partial charge in [0.25, 0.3) is 0 Å². The summed E-state index contributed by atoms with van der Waals surface area (Å²) in [4.78, 5) is 0. The molecule has 0 saturated carbocycles. The lowest BCUT2D eigenvalue weighted by molar-refractivity contribution is 0.558. The third-order valence-corrected chi connectivity index (χ3v) is 3.51. The van der Waals surface area contributed by atoms with E-state index in [2.05, 4.69) is 19.1 Å². The minimum atomic E-state index is -0.925. The summed E-state index contributed by atoms with van der Waals surface area (Å²) in [5.41, 5.74) is 15.1. The summed E-state index contributed by atoms with van der Waals surface area (Å²) in [6.07, 6.45) is 3.35. The molecule has 0 radical (unpaired) electrons. The Morgan fingerprint density at radius 1 is 0.895 bits per heavy atom. The van der Waals surface area contributed by atoms with Gasteiger partial charge in [-0.2, -0.15) is 0 Å². The van der Waals surface area contributed by atoms with Crippen LogP contribution in [0, 0.1) is 0 Å². The monoisotopic (exact) mass is 254 g/mol. The molecule has 0 bridgehead atoms. The first-order valence-corrected chi connectivity index (χ1v) is 6.88. The highest BCUT2D eigenvalue weighted by Crippen LogP contribution is 2.25. The molecule has 0 unspecified atom stereocenters. The second-order valence-corrected chi connectivity index (χ2v) is 5.00. The zero-order valence-electron chi connectivity index (χ0n) is 11.5. The fourth-order valence-electron chi connectivity index (χ4n) is 2.38. The van der Waals surface area contributed by atoms with Crippen molar-refractivity contribution in [2.45, 2.75) is 31.8 Å². The maximum Gasteiger partial charge on any atom is 0.117 e.